The number of hydrogen-bond acceptors (Lipinski definition) is 1. The van der Waals surface area contributed by atoms with Gasteiger partial charge in [-0.2, -0.15) is 0 Å². The van der Waals surface area contributed by atoms with Crippen LogP contribution in [0.2, 0.25) is 0 Å². The topological polar surface area (TPSA) is 26.0 Å². The Morgan fingerprint density at radius 1 is 1.38 bits per heavy atom. The lowest BCUT2D eigenvalue weighted by Crippen LogP contribution is -2.34. The van der Waals surface area contributed by atoms with Crippen molar-refractivity contribution in [2.75, 3.05) is 0 Å². The van der Waals surface area contributed by atoms with Gasteiger partial charge < -0.3 is 5.73 Å². The molecule has 0 heterocycles. The highest BCUT2D eigenvalue weighted by molar-refractivity contribution is 9.10. The summed E-state index contributed by atoms with van der Waals surface area (Å²) in [6, 6.07) is 6.32. The van der Waals surface area contributed by atoms with E-state index in [1.807, 2.05) is 0 Å². The molecule has 1 aromatic carbocycles. The summed E-state index contributed by atoms with van der Waals surface area (Å²) in [6.45, 7) is 6.22. The number of halogens is 1. The fraction of sp³-hybridized carbons (Fsp3) is 0.455. The standard InChI is InChI=1S/C11H16BrN/c1-8-6-10(12)5-4-9(8)7-11(2,3)13/h4-6H,7,13H2,1-3H3. The van der Waals surface area contributed by atoms with Crippen LogP contribution >= 0.6 is 15.9 Å². The Balaban J connectivity index is 2.90. The van der Waals surface area contributed by atoms with Gasteiger partial charge >= 0.3 is 0 Å². The van der Waals surface area contributed by atoms with Crippen molar-refractivity contribution >= 4 is 15.9 Å². The van der Waals surface area contributed by atoms with Crippen LogP contribution in [-0.4, -0.2) is 5.54 Å². The Morgan fingerprint density at radius 3 is 2.46 bits per heavy atom. The molecule has 1 aromatic rings. The summed E-state index contributed by atoms with van der Waals surface area (Å²) in [5, 5.41) is 0. The molecule has 1 rings (SSSR count). The average Bonchev–Trinajstić information content (AvgIpc) is 1.93. The Hall–Kier alpha value is -0.340. The van der Waals surface area contributed by atoms with E-state index in [1.54, 1.807) is 0 Å². The van der Waals surface area contributed by atoms with E-state index in [1.165, 1.54) is 11.1 Å². The third-order valence-corrected chi connectivity index (χ3v) is 2.44. The Labute approximate surface area is 88.5 Å². The van der Waals surface area contributed by atoms with Crippen LogP contribution in [0.15, 0.2) is 22.7 Å². The zero-order valence-electron chi connectivity index (χ0n) is 8.39. The van der Waals surface area contributed by atoms with Crippen molar-refractivity contribution in [1.29, 1.82) is 0 Å². The zero-order valence-corrected chi connectivity index (χ0v) is 9.98. The van der Waals surface area contributed by atoms with Gasteiger partial charge in [-0.15, -0.1) is 0 Å². The van der Waals surface area contributed by atoms with Crippen LogP contribution in [0.3, 0.4) is 0 Å². The molecule has 0 unspecified atom stereocenters. The molecule has 0 bridgehead atoms. The first-order valence-corrected chi connectivity index (χ1v) is 5.22. The predicted molar refractivity (Wildman–Crippen MR) is 60.8 cm³/mol. The molecule has 2 N–H and O–H groups in total. The van der Waals surface area contributed by atoms with Crippen molar-refractivity contribution in [3.63, 3.8) is 0 Å². The van der Waals surface area contributed by atoms with Gasteiger partial charge in [0, 0.05) is 10.0 Å². The molecular formula is C11H16BrN. The van der Waals surface area contributed by atoms with Gasteiger partial charge in [0.25, 0.3) is 0 Å². The summed E-state index contributed by atoms with van der Waals surface area (Å²) in [5.41, 5.74) is 8.46. The lowest BCUT2D eigenvalue weighted by Gasteiger charge is -2.19. The average molecular weight is 242 g/mol. The monoisotopic (exact) mass is 241 g/mol. The van der Waals surface area contributed by atoms with Crippen LogP contribution in [0, 0.1) is 6.92 Å². The third kappa shape index (κ3) is 3.49. The fourth-order valence-electron chi connectivity index (χ4n) is 1.35. The molecule has 0 saturated carbocycles. The smallest absolute Gasteiger partial charge is 0.0178 e. The normalized spacial score (nSPS) is 11.8. The van der Waals surface area contributed by atoms with E-state index in [0.717, 1.165) is 10.9 Å². The number of rotatable bonds is 2. The Bertz CT molecular complexity index is 299. The van der Waals surface area contributed by atoms with E-state index in [-0.39, 0.29) is 5.54 Å². The van der Waals surface area contributed by atoms with Crippen LogP contribution in [0.5, 0.6) is 0 Å². The van der Waals surface area contributed by atoms with E-state index in [2.05, 4.69) is 54.9 Å². The van der Waals surface area contributed by atoms with Crippen LogP contribution < -0.4 is 5.73 Å². The largest absolute Gasteiger partial charge is 0.325 e. The summed E-state index contributed by atoms with van der Waals surface area (Å²) in [5.74, 6) is 0. The zero-order chi connectivity index (χ0) is 10.1. The number of nitrogens with two attached hydrogens (primary N) is 1. The lowest BCUT2D eigenvalue weighted by molar-refractivity contribution is 0.515. The van der Waals surface area contributed by atoms with E-state index in [4.69, 9.17) is 5.73 Å². The maximum atomic E-state index is 5.96. The Morgan fingerprint density at radius 2 is 2.00 bits per heavy atom. The molecule has 0 aromatic heterocycles. The Kier molecular flexibility index (Phi) is 3.14. The van der Waals surface area contributed by atoms with Crippen LogP contribution in [0.25, 0.3) is 0 Å². The minimum atomic E-state index is -0.126. The first-order chi connectivity index (χ1) is 5.88. The first kappa shape index (κ1) is 10.7. The minimum Gasteiger partial charge on any atom is -0.325 e. The third-order valence-electron chi connectivity index (χ3n) is 1.95. The minimum absolute atomic E-state index is 0.126. The molecule has 0 aliphatic heterocycles. The predicted octanol–water partition coefficient (Wildman–Crippen LogP) is 3.04. The van der Waals surface area contributed by atoms with Gasteiger partial charge in [-0.3, -0.25) is 0 Å². The first-order valence-electron chi connectivity index (χ1n) is 4.42. The van der Waals surface area contributed by atoms with E-state index in [0.29, 0.717) is 0 Å². The molecule has 0 aliphatic rings. The highest BCUT2D eigenvalue weighted by Crippen LogP contribution is 2.19. The summed E-state index contributed by atoms with van der Waals surface area (Å²) in [7, 11) is 0. The van der Waals surface area contributed by atoms with Crippen molar-refractivity contribution in [3.8, 4) is 0 Å². The lowest BCUT2D eigenvalue weighted by atomic mass is 9.93. The SMILES string of the molecule is Cc1cc(Br)ccc1CC(C)(C)N. The van der Waals surface area contributed by atoms with Gasteiger partial charge in [0.15, 0.2) is 0 Å². The van der Waals surface area contributed by atoms with Gasteiger partial charge in [-0.25, -0.2) is 0 Å². The summed E-state index contributed by atoms with van der Waals surface area (Å²) < 4.78 is 1.13. The van der Waals surface area contributed by atoms with E-state index >= 15 is 0 Å². The second-order valence-corrected chi connectivity index (χ2v) is 5.15. The molecule has 0 saturated heterocycles. The van der Waals surface area contributed by atoms with Crippen molar-refractivity contribution in [2.45, 2.75) is 32.7 Å². The quantitative estimate of drug-likeness (QED) is 0.847. The van der Waals surface area contributed by atoms with Crippen LogP contribution in [-0.2, 0) is 6.42 Å². The molecule has 2 heteroatoms. The number of benzene rings is 1. The van der Waals surface area contributed by atoms with Gasteiger partial charge in [-0.1, -0.05) is 22.0 Å². The van der Waals surface area contributed by atoms with Crippen molar-refractivity contribution in [2.24, 2.45) is 5.73 Å². The highest BCUT2D eigenvalue weighted by atomic mass is 79.9. The molecule has 0 amide bonds. The number of aryl methyl sites for hydroxylation is 1. The molecule has 0 fully saturated rings. The summed E-state index contributed by atoms with van der Waals surface area (Å²) in [6.07, 6.45) is 0.923. The molecule has 1 nitrogen and oxygen atoms in total. The molecule has 72 valence electrons. The van der Waals surface area contributed by atoms with Gasteiger partial charge in [0.05, 0.1) is 0 Å². The number of hydrogen-bond donors (Lipinski definition) is 1. The van der Waals surface area contributed by atoms with Gasteiger partial charge in [0.1, 0.15) is 0 Å². The molecule has 13 heavy (non-hydrogen) atoms. The van der Waals surface area contributed by atoms with Gasteiger partial charge in [-0.05, 0) is 50.5 Å². The van der Waals surface area contributed by atoms with Crippen molar-refractivity contribution in [1.82, 2.24) is 0 Å². The second kappa shape index (κ2) is 3.81. The molecule has 0 atom stereocenters. The van der Waals surface area contributed by atoms with Crippen LogP contribution in [0.1, 0.15) is 25.0 Å². The maximum absolute atomic E-state index is 5.96. The molecule has 0 radical (unpaired) electrons. The van der Waals surface area contributed by atoms with E-state index in [9.17, 15) is 0 Å². The summed E-state index contributed by atoms with van der Waals surface area (Å²) in [4.78, 5) is 0. The molecule has 0 spiro atoms. The second-order valence-electron chi connectivity index (χ2n) is 4.24. The van der Waals surface area contributed by atoms with E-state index < -0.39 is 0 Å². The van der Waals surface area contributed by atoms with Crippen molar-refractivity contribution in [3.05, 3.63) is 33.8 Å². The molecule has 0 aliphatic carbocycles. The van der Waals surface area contributed by atoms with Crippen LogP contribution in [0.4, 0.5) is 0 Å². The maximum Gasteiger partial charge on any atom is 0.0178 e. The fourth-order valence-corrected chi connectivity index (χ4v) is 1.82. The highest BCUT2D eigenvalue weighted by Gasteiger charge is 2.12. The van der Waals surface area contributed by atoms with Crippen molar-refractivity contribution < 1.29 is 0 Å². The summed E-state index contributed by atoms with van der Waals surface area (Å²) >= 11 is 3.44. The molecular weight excluding hydrogens is 226 g/mol. The van der Waals surface area contributed by atoms with Gasteiger partial charge in [0.2, 0.25) is 0 Å².